The van der Waals surface area contributed by atoms with Crippen LogP contribution < -0.4 is 5.32 Å². The number of benzene rings is 2. The van der Waals surface area contributed by atoms with Crippen LogP contribution in [0.25, 0.3) is 10.8 Å². The zero-order chi connectivity index (χ0) is 18.6. The number of hydrogen-bond donors (Lipinski definition) is 2. The van der Waals surface area contributed by atoms with Gasteiger partial charge in [0, 0.05) is 7.05 Å². The molecule has 2 N–H and O–H groups in total. The van der Waals surface area contributed by atoms with E-state index in [1.165, 1.54) is 7.05 Å². The highest BCUT2D eigenvalue weighted by molar-refractivity contribution is 7.88. The SMILES string of the molecule is CN(CC(=O)N[C@H](CC(=O)O)c1cccc2ccccc12)S(C)(=O)=O. The van der Waals surface area contributed by atoms with Gasteiger partial charge in [-0.25, -0.2) is 8.42 Å². The number of fused-ring (bicyclic) bond motifs is 1. The van der Waals surface area contributed by atoms with E-state index in [2.05, 4.69) is 5.32 Å². The van der Waals surface area contributed by atoms with Gasteiger partial charge in [0.2, 0.25) is 15.9 Å². The smallest absolute Gasteiger partial charge is 0.305 e. The van der Waals surface area contributed by atoms with Crippen molar-refractivity contribution < 1.29 is 23.1 Å². The molecular formula is C17H20N2O5S. The average molecular weight is 364 g/mol. The summed E-state index contributed by atoms with van der Waals surface area (Å²) < 4.78 is 23.8. The van der Waals surface area contributed by atoms with Crippen LogP contribution in [0.2, 0.25) is 0 Å². The molecule has 0 heterocycles. The van der Waals surface area contributed by atoms with Gasteiger partial charge in [-0.1, -0.05) is 42.5 Å². The number of nitrogens with one attached hydrogen (secondary N) is 1. The number of nitrogens with zero attached hydrogens (tertiary/aromatic N) is 1. The second-order valence-corrected chi connectivity index (χ2v) is 7.89. The van der Waals surface area contributed by atoms with Gasteiger partial charge >= 0.3 is 5.97 Å². The Balaban J connectivity index is 2.30. The normalized spacial score (nSPS) is 12.9. The standard InChI is InChI=1S/C17H20N2O5S/c1-19(25(2,23)24)11-16(20)18-15(10-17(21)22)14-9-5-7-12-6-3-4-8-13(12)14/h3-9,15H,10-11H2,1-2H3,(H,18,20)(H,21,22)/t15-/m1/s1. The number of aliphatic carboxylic acids is 1. The number of rotatable bonds is 7. The highest BCUT2D eigenvalue weighted by Gasteiger charge is 2.22. The van der Waals surface area contributed by atoms with Crippen LogP contribution in [-0.2, 0) is 19.6 Å². The van der Waals surface area contributed by atoms with E-state index in [0.717, 1.165) is 21.3 Å². The summed E-state index contributed by atoms with van der Waals surface area (Å²) in [5.41, 5.74) is 0.677. The number of sulfonamides is 1. The maximum atomic E-state index is 12.2. The quantitative estimate of drug-likeness (QED) is 0.772. The fraction of sp³-hybridized carbons (Fsp3) is 0.294. The number of likely N-dealkylation sites (N-methyl/N-ethyl adjacent to an activating group) is 1. The van der Waals surface area contributed by atoms with Gasteiger partial charge in [-0.3, -0.25) is 9.59 Å². The molecule has 0 spiro atoms. The topological polar surface area (TPSA) is 104 Å². The van der Waals surface area contributed by atoms with Crippen molar-refractivity contribution >= 4 is 32.7 Å². The van der Waals surface area contributed by atoms with Crippen LogP contribution >= 0.6 is 0 Å². The van der Waals surface area contributed by atoms with E-state index in [0.29, 0.717) is 5.56 Å². The van der Waals surface area contributed by atoms with Gasteiger partial charge in [-0.2, -0.15) is 4.31 Å². The molecule has 0 radical (unpaired) electrons. The molecule has 8 heteroatoms. The first-order valence-electron chi connectivity index (χ1n) is 7.58. The minimum Gasteiger partial charge on any atom is -0.481 e. The molecule has 2 aromatic carbocycles. The number of carbonyl (C=O) groups is 2. The van der Waals surface area contributed by atoms with Gasteiger partial charge in [0.25, 0.3) is 0 Å². The Labute approximate surface area is 146 Å². The van der Waals surface area contributed by atoms with Crippen LogP contribution in [0.15, 0.2) is 42.5 Å². The highest BCUT2D eigenvalue weighted by Crippen LogP contribution is 2.26. The van der Waals surface area contributed by atoms with Gasteiger partial charge in [-0.15, -0.1) is 0 Å². The maximum absolute atomic E-state index is 12.2. The van der Waals surface area contributed by atoms with Gasteiger partial charge < -0.3 is 10.4 Å². The average Bonchev–Trinajstić information content (AvgIpc) is 2.52. The molecule has 1 atom stereocenters. The second kappa shape index (κ2) is 7.62. The summed E-state index contributed by atoms with van der Waals surface area (Å²) in [5, 5.41) is 13.6. The molecule has 7 nitrogen and oxygen atoms in total. The van der Waals surface area contributed by atoms with Gasteiger partial charge in [0.05, 0.1) is 25.3 Å². The first-order chi connectivity index (χ1) is 11.7. The molecule has 2 rings (SSSR count). The Kier molecular flexibility index (Phi) is 5.76. The molecule has 0 unspecified atom stereocenters. The van der Waals surface area contributed by atoms with Gasteiger partial charge in [0.15, 0.2) is 0 Å². The molecule has 2 aromatic rings. The van der Waals surface area contributed by atoms with Crippen molar-refractivity contribution in [2.24, 2.45) is 0 Å². The summed E-state index contributed by atoms with van der Waals surface area (Å²) in [4.78, 5) is 23.4. The summed E-state index contributed by atoms with van der Waals surface area (Å²) in [5.74, 6) is -1.62. The van der Waals surface area contributed by atoms with E-state index in [9.17, 15) is 23.1 Å². The Morgan fingerprint density at radius 3 is 2.44 bits per heavy atom. The van der Waals surface area contributed by atoms with Crippen molar-refractivity contribution in [3.05, 3.63) is 48.0 Å². The summed E-state index contributed by atoms with van der Waals surface area (Å²) in [6.45, 7) is -0.375. The Morgan fingerprint density at radius 2 is 1.80 bits per heavy atom. The van der Waals surface area contributed by atoms with E-state index in [-0.39, 0.29) is 13.0 Å². The molecular weight excluding hydrogens is 344 g/mol. The van der Waals surface area contributed by atoms with Crippen LogP contribution in [0.5, 0.6) is 0 Å². The maximum Gasteiger partial charge on any atom is 0.305 e. The molecule has 134 valence electrons. The fourth-order valence-electron chi connectivity index (χ4n) is 2.53. The third kappa shape index (κ3) is 5.01. The van der Waals surface area contributed by atoms with E-state index in [4.69, 9.17) is 0 Å². The van der Waals surface area contributed by atoms with Crippen LogP contribution in [-0.4, -0.2) is 49.6 Å². The predicted octanol–water partition coefficient (Wildman–Crippen LogP) is 1.36. The molecule has 0 aromatic heterocycles. The van der Waals surface area contributed by atoms with Crippen LogP contribution in [0.4, 0.5) is 0 Å². The lowest BCUT2D eigenvalue weighted by atomic mass is 9.96. The number of hydrogen-bond acceptors (Lipinski definition) is 4. The van der Waals surface area contributed by atoms with Crippen molar-refractivity contribution in [1.82, 2.24) is 9.62 Å². The Hall–Kier alpha value is -2.45. The second-order valence-electron chi connectivity index (χ2n) is 5.81. The minimum absolute atomic E-state index is 0.303. The molecule has 0 bridgehead atoms. The van der Waals surface area contributed by atoms with Crippen molar-refractivity contribution in [3.8, 4) is 0 Å². The summed E-state index contributed by atoms with van der Waals surface area (Å²) >= 11 is 0. The Morgan fingerprint density at radius 1 is 1.16 bits per heavy atom. The predicted molar refractivity (Wildman–Crippen MR) is 94.6 cm³/mol. The Bertz CT molecular complexity index is 890. The lowest BCUT2D eigenvalue weighted by molar-refractivity contribution is -0.137. The van der Waals surface area contributed by atoms with Crippen molar-refractivity contribution in [3.63, 3.8) is 0 Å². The van der Waals surface area contributed by atoms with E-state index in [1.807, 2.05) is 30.3 Å². The number of carboxylic acids is 1. The lowest BCUT2D eigenvalue weighted by Gasteiger charge is -2.21. The van der Waals surface area contributed by atoms with Gasteiger partial charge in [-0.05, 0) is 16.3 Å². The van der Waals surface area contributed by atoms with Crippen molar-refractivity contribution in [1.29, 1.82) is 0 Å². The lowest BCUT2D eigenvalue weighted by Crippen LogP contribution is -2.40. The molecule has 0 saturated heterocycles. The zero-order valence-corrected chi connectivity index (χ0v) is 14.8. The summed E-state index contributed by atoms with van der Waals surface area (Å²) in [6.07, 6.45) is 0.696. The molecule has 0 aliphatic rings. The molecule has 1 amide bonds. The number of carboxylic acid groups (broad SMARTS) is 1. The third-order valence-corrected chi connectivity index (χ3v) is 5.11. The fourth-order valence-corrected chi connectivity index (χ4v) is 2.88. The monoisotopic (exact) mass is 364 g/mol. The van der Waals surface area contributed by atoms with E-state index < -0.39 is 27.9 Å². The van der Waals surface area contributed by atoms with Crippen LogP contribution in [0.1, 0.15) is 18.0 Å². The molecule has 0 aliphatic carbocycles. The number of amides is 1. The highest BCUT2D eigenvalue weighted by atomic mass is 32.2. The first-order valence-corrected chi connectivity index (χ1v) is 9.43. The molecule has 25 heavy (non-hydrogen) atoms. The third-order valence-electron chi connectivity index (χ3n) is 3.85. The number of carbonyl (C=O) groups excluding carboxylic acids is 1. The van der Waals surface area contributed by atoms with Crippen molar-refractivity contribution in [2.75, 3.05) is 19.8 Å². The summed E-state index contributed by atoms with van der Waals surface area (Å²) in [6, 6.07) is 12.2. The van der Waals surface area contributed by atoms with E-state index in [1.54, 1.807) is 12.1 Å². The zero-order valence-electron chi connectivity index (χ0n) is 14.0. The first kappa shape index (κ1) is 18.9. The summed E-state index contributed by atoms with van der Waals surface area (Å²) in [7, 11) is -2.21. The molecule has 0 aliphatic heterocycles. The van der Waals surface area contributed by atoms with E-state index >= 15 is 0 Å². The van der Waals surface area contributed by atoms with Crippen molar-refractivity contribution in [2.45, 2.75) is 12.5 Å². The molecule has 0 saturated carbocycles. The van der Waals surface area contributed by atoms with Crippen LogP contribution in [0.3, 0.4) is 0 Å². The van der Waals surface area contributed by atoms with Gasteiger partial charge in [0.1, 0.15) is 0 Å². The molecule has 0 fully saturated rings. The largest absolute Gasteiger partial charge is 0.481 e. The minimum atomic E-state index is -3.50. The van der Waals surface area contributed by atoms with Crippen LogP contribution in [0, 0.1) is 0 Å².